The van der Waals surface area contributed by atoms with Crippen molar-refractivity contribution in [3.05, 3.63) is 75.6 Å². The minimum Gasteiger partial charge on any atom is -0.475 e. The van der Waals surface area contributed by atoms with E-state index >= 15 is 0 Å². The highest BCUT2D eigenvalue weighted by atomic mass is 35.5. The van der Waals surface area contributed by atoms with Crippen molar-refractivity contribution < 1.29 is 27.5 Å². The number of hydrogen-bond donors (Lipinski definition) is 1. The van der Waals surface area contributed by atoms with Crippen molar-refractivity contribution in [1.82, 2.24) is 0 Å². The molecule has 3 aromatic rings. The molecule has 9 heteroatoms. The third kappa shape index (κ3) is 4.24. The summed E-state index contributed by atoms with van der Waals surface area (Å²) in [6.07, 6.45) is 1.06. The molecule has 0 bridgehead atoms. The summed E-state index contributed by atoms with van der Waals surface area (Å²) < 4.78 is 34.2. The number of aromatic carboxylic acids is 1. The van der Waals surface area contributed by atoms with E-state index in [2.05, 4.69) is 0 Å². The average Bonchev–Trinajstić information content (AvgIpc) is 2.64. The average molecular weight is 421 g/mol. The zero-order valence-electron chi connectivity index (χ0n) is 14.4. The molecule has 144 valence electrons. The molecule has 2 aromatic carbocycles. The van der Waals surface area contributed by atoms with E-state index < -0.39 is 27.0 Å². The molecule has 0 saturated carbocycles. The van der Waals surface area contributed by atoms with Crippen molar-refractivity contribution in [3.63, 3.8) is 0 Å². The molecule has 0 amide bonds. The Hall–Kier alpha value is -3.10. The molecule has 0 aliphatic carbocycles. The maximum atomic E-state index is 12.5. The van der Waals surface area contributed by atoms with Crippen molar-refractivity contribution in [3.8, 4) is 22.8 Å². The standard InChI is InChI=1S/C19H13ClO7S/c1-28(24,25)14-8-2-11(3-9-14)17-18(15(21)10-16(27-17)19(22)23)26-13-6-4-12(20)5-7-13/h2-10H,1H3,(H,22,23). The second-order valence-electron chi connectivity index (χ2n) is 5.79. The van der Waals surface area contributed by atoms with Crippen LogP contribution >= 0.6 is 11.6 Å². The molecule has 0 unspecified atom stereocenters. The minimum atomic E-state index is -3.42. The van der Waals surface area contributed by atoms with Gasteiger partial charge in [-0.15, -0.1) is 0 Å². The van der Waals surface area contributed by atoms with Crippen molar-refractivity contribution in [2.75, 3.05) is 6.26 Å². The SMILES string of the molecule is CS(=O)(=O)c1ccc(-c2oc(C(=O)O)cc(=O)c2Oc2ccc(Cl)cc2)cc1. The van der Waals surface area contributed by atoms with Crippen LogP contribution < -0.4 is 10.2 Å². The van der Waals surface area contributed by atoms with Gasteiger partial charge in [-0.05, 0) is 48.5 Å². The number of benzene rings is 2. The van der Waals surface area contributed by atoms with Gasteiger partial charge in [0.2, 0.25) is 16.9 Å². The number of sulfone groups is 1. The molecule has 1 heterocycles. The molecular formula is C19H13ClO7S. The number of carbonyl (C=O) groups is 1. The maximum Gasteiger partial charge on any atom is 0.371 e. The van der Waals surface area contributed by atoms with Gasteiger partial charge in [-0.3, -0.25) is 4.79 Å². The number of halogens is 1. The van der Waals surface area contributed by atoms with Gasteiger partial charge in [-0.25, -0.2) is 13.2 Å². The molecule has 0 spiro atoms. The van der Waals surface area contributed by atoms with E-state index in [1.54, 1.807) is 12.1 Å². The van der Waals surface area contributed by atoms with Crippen LogP contribution in [0.15, 0.2) is 68.7 Å². The molecule has 0 saturated heterocycles. The van der Waals surface area contributed by atoms with Crippen LogP contribution in [0.3, 0.4) is 0 Å². The van der Waals surface area contributed by atoms with E-state index in [4.69, 9.17) is 20.8 Å². The Balaban J connectivity index is 2.15. The largest absolute Gasteiger partial charge is 0.475 e. The highest BCUT2D eigenvalue weighted by molar-refractivity contribution is 7.90. The van der Waals surface area contributed by atoms with Crippen molar-refractivity contribution in [2.24, 2.45) is 0 Å². The van der Waals surface area contributed by atoms with Crippen LogP contribution in [-0.4, -0.2) is 25.7 Å². The molecule has 0 aliphatic rings. The molecule has 1 N–H and O–H groups in total. The zero-order chi connectivity index (χ0) is 20.5. The Morgan fingerprint density at radius 2 is 1.68 bits per heavy atom. The van der Waals surface area contributed by atoms with Gasteiger partial charge in [0, 0.05) is 22.9 Å². The molecule has 7 nitrogen and oxygen atoms in total. The van der Waals surface area contributed by atoms with Gasteiger partial charge in [0.25, 0.3) is 0 Å². The fraction of sp³-hybridized carbons (Fsp3) is 0.0526. The Bertz CT molecular complexity index is 1190. The second-order valence-corrected chi connectivity index (χ2v) is 8.24. The van der Waals surface area contributed by atoms with E-state index in [0.29, 0.717) is 5.02 Å². The van der Waals surface area contributed by atoms with E-state index in [1.165, 1.54) is 36.4 Å². The Kier molecular flexibility index (Phi) is 5.26. The fourth-order valence-electron chi connectivity index (χ4n) is 2.35. The molecule has 28 heavy (non-hydrogen) atoms. The third-order valence-corrected chi connectivity index (χ3v) is 5.07. The first-order valence-electron chi connectivity index (χ1n) is 7.80. The summed E-state index contributed by atoms with van der Waals surface area (Å²) in [5.41, 5.74) is -0.433. The first-order valence-corrected chi connectivity index (χ1v) is 10.1. The van der Waals surface area contributed by atoms with Gasteiger partial charge in [0.15, 0.2) is 15.6 Å². The minimum absolute atomic E-state index is 0.0631. The van der Waals surface area contributed by atoms with Gasteiger partial charge in [-0.1, -0.05) is 11.6 Å². The lowest BCUT2D eigenvalue weighted by Gasteiger charge is -2.11. The second kappa shape index (κ2) is 7.49. The molecule has 1 aromatic heterocycles. The van der Waals surface area contributed by atoms with Gasteiger partial charge in [0.1, 0.15) is 5.75 Å². The number of hydrogen-bond acceptors (Lipinski definition) is 6. The topological polar surface area (TPSA) is 111 Å². The van der Waals surface area contributed by atoms with Crippen LogP contribution in [0.4, 0.5) is 0 Å². The molecule has 3 rings (SSSR count). The maximum absolute atomic E-state index is 12.5. The van der Waals surface area contributed by atoms with E-state index in [1.807, 2.05) is 0 Å². The van der Waals surface area contributed by atoms with Crippen LogP contribution in [0.2, 0.25) is 5.02 Å². The number of carboxylic acid groups (broad SMARTS) is 1. The summed E-state index contributed by atoms with van der Waals surface area (Å²) in [4.78, 5) is 23.8. The van der Waals surface area contributed by atoms with Crippen LogP contribution in [0.5, 0.6) is 11.5 Å². The lowest BCUT2D eigenvalue weighted by Crippen LogP contribution is -2.10. The van der Waals surface area contributed by atoms with Gasteiger partial charge in [0.05, 0.1) is 4.90 Å². The molecule has 0 aliphatic heterocycles. The lowest BCUT2D eigenvalue weighted by atomic mass is 10.1. The Morgan fingerprint density at radius 1 is 1.07 bits per heavy atom. The Morgan fingerprint density at radius 3 is 2.21 bits per heavy atom. The monoisotopic (exact) mass is 420 g/mol. The number of rotatable bonds is 5. The van der Waals surface area contributed by atoms with Crippen LogP contribution in [0, 0.1) is 0 Å². The predicted octanol–water partition coefficient (Wildman–Crippen LogP) is 3.85. The van der Waals surface area contributed by atoms with Crippen LogP contribution in [0.25, 0.3) is 11.3 Å². The zero-order valence-corrected chi connectivity index (χ0v) is 16.0. The van der Waals surface area contributed by atoms with Crippen molar-refractivity contribution in [2.45, 2.75) is 4.90 Å². The normalized spacial score (nSPS) is 11.2. The van der Waals surface area contributed by atoms with Crippen LogP contribution in [0.1, 0.15) is 10.6 Å². The summed E-state index contributed by atoms with van der Waals surface area (Å²) in [5, 5.41) is 9.64. The summed E-state index contributed by atoms with van der Waals surface area (Å²) in [6, 6.07) is 12.4. The van der Waals surface area contributed by atoms with E-state index in [9.17, 15) is 23.1 Å². The quantitative estimate of drug-likeness (QED) is 0.667. The van der Waals surface area contributed by atoms with Gasteiger partial charge < -0.3 is 14.3 Å². The number of ether oxygens (including phenoxy) is 1. The van der Waals surface area contributed by atoms with E-state index in [0.717, 1.165) is 12.3 Å². The molecular weight excluding hydrogens is 408 g/mol. The first-order chi connectivity index (χ1) is 13.1. The Labute approximate surface area is 164 Å². The highest BCUT2D eigenvalue weighted by Crippen LogP contribution is 2.32. The fourth-order valence-corrected chi connectivity index (χ4v) is 3.10. The summed E-state index contributed by atoms with van der Waals surface area (Å²) in [5.74, 6) is -2.09. The summed E-state index contributed by atoms with van der Waals surface area (Å²) in [7, 11) is -3.42. The predicted molar refractivity (Wildman–Crippen MR) is 102 cm³/mol. The molecule has 0 atom stereocenters. The highest BCUT2D eigenvalue weighted by Gasteiger charge is 2.20. The summed E-state index contributed by atoms with van der Waals surface area (Å²) >= 11 is 5.83. The molecule has 0 fully saturated rings. The summed E-state index contributed by atoms with van der Waals surface area (Å²) in [6.45, 7) is 0. The van der Waals surface area contributed by atoms with Crippen molar-refractivity contribution in [1.29, 1.82) is 0 Å². The van der Waals surface area contributed by atoms with Crippen molar-refractivity contribution >= 4 is 27.4 Å². The van der Waals surface area contributed by atoms with Gasteiger partial charge >= 0.3 is 5.97 Å². The smallest absolute Gasteiger partial charge is 0.371 e. The van der Waals surface area contributed by atoms with Crippen LogP contribution in [-0.2, 0) is 9.84 Å². The van der Waals surface area contributed by atoms with Gasteiger partial charge in [-0.2, -0.15) is 0 Å². The lowest BCUT2D eigenvalue weighted by molar-refractivity contribution is 0.0660. The number of carboxylic acids is 1. The third-order valence-electron chi connectivity index (χ3n) is 3.69. The molecule has 0 radical (unpaired) electrons. The first kappa shape index (κ1) is 19.7. The van der Waals surface area contributed by atoms with E-state index in [-0.39, 0.29) is 27.7 Å².